The lowest BCUT2D eigenvalue weighted by Gasteiger charge is -2.34. The Morgan fingerprint density at radius 1 is 0.875 bits per heavy atom. The van der Waals surface area contributed by atoms with Crippen LogP contribution in [0, 0.1) is 0 Å². The first-order valence-electron chi connectivity index (χ1n) is 9.68. The van der Waals surface area contributed by atoms with Gasteiger partial charge in [-0.25, -0.2) is 8.42 Å². The minimum atomic E-state index is -7.33. The molecule has 0 aromatic carbocycles. The highest BCUT2D eigenvalue weighted by Crippen LogP contribution is 2.67. The van der Waals surface area contributed by atoms with Gasteiger partial charge in [-0.05, 0) is 39.4 Å². The van der Waals surface area contributed by atoms with E-state index in [2.05, 4.69) is 0 Å². The molecule has 0 bridgehead atoms. The Morgan fingerprint density at radius 3 is 1.72 bits per heavy atom. The van der Waals surface area contributed by atoms with Crippen molar-refractivity contribution in [1.29, 1.82) is 0 Å². The molecule has 5 nitrogen and oxygen atoms in total. The molecule has 0 radical (unpaired) electrons. The highest BCUT2D eigenvalue weighted by atomic mass is 32.2. The van der Waals surface area contributed by atoms with E-state index in [0.717, 1.165) is 0 Å². The largest absolute Gasteiger partial charge is 0.460 e. The van der Waals surface area contributed by atoms with Crippen molar-refractivity contribution in [3.8, 4) is 0 Å². The van der Waals surface area contributed by atoms with E-state index < -0.39 is 53.1 Å². The van der Waals surface area contributed by atoms with Gasteiger partial charge >= 0.3 is 23.3 Å². The zero-order chi connectivity index (χ0) is 25.2. The summed E-state index contributed by atoms with van der Waals surface area (Å²) in [5.74, 6) is -17.1. The van der Waals surface area contributed by atoms with E-state index in [9.17, 15) is 47.9 Å². The number of sulfonamides is 1. The van der Waals surface area contributed by atoms with E-state index in [0.29, 0.717) is 6.42 Å². The fourth-order valence-corrected chi connectivity index (χ4v) is 7.24. The van der Waals surface area contributed by atoms with Crippen molar-refractivity contribution in [2.45, 2.75) is 93.4 Å². The van der Waals surface area contributed by atoms with Gasteiger partial charge in [0.25, 0.3) is 15.9 Å². The van der Waals surface area contributed by atoms with Crippen LogP contribution < -0.4 is 0 Å². The molecule has 2 unspecified atom stereocenters. The second kappa shape index (κ2) is 7.71. The molecule has 1 spiro atoms. The standard InChI is InChI=1S/C16H24F9NO4SSi/c1-5-29-16(30-32(2,3)4)11(9-7-6-8-10-11)26(16)31(27,28)15(24,25)13(19,20)12(17,18)14(21,22)23/h5-10H2,1-4H3. The van der Waals surface area contributed by atoms with Gasteiger partial charge in [-0.1, -0.05) is 19.3 Å². The van der Waals surface area contributed by atoms with E-state index >= 15 is 0 Å². The van der Waals surface area contributed by atoms with Crippen molar-refractivity contribution in [2.75, 3.05) is 6.61 Å². The summed E-state index contributed by atoms with van der Waals surface area (Å²) in [5, 5.41) is -6.83. The number of alkyl halides is 9. The van der Waals surface area contributed by atoms with E-state index in [4.69, 9.17) is 9.16 Å². The molecule has 1 saturated heterocycles. The van der Waals surface area contributed by atoms with Crippen molar-refractivity contribution < 1.29 is 57.1 Å². The van der Waals surface area contributed by atoms with Gasteiger partial charge in [0.15, 0.2) is 8.32 Å². The Hall–Kier alpha value is -0.583. The maximum Gasteiger partial charge on any atom is 0.460 e. The molecule has 0 aromatic heterocycles. The van der Waals surface area contributed by atoms with Gasteiger partial charge in [-0.15, -0.1) is 4.31 Å². The highest BCUT2D eigenvalue weighted by Gasteiger charge is 2.92. The maximum atomic E-state index is 14.6. The molecule has 1 saturated carbocycles. The van der Waals surface area contributed by atoms with Crippen LogP contribution in [0.15, 0.2) is 0 Å². The Kier molecular flexibility index (Phi) is 6.67. The topological polar surface area (TPSA) is 55.6 Å². The lowest BCUT2D eigenvalue weighted by Crippen LogP contribution is -2.64. The third-order valence-corrected chi connectivity index (χ3v) is 8.20. The van der Waals surface area contributed by atoms with Crippen LogP contribution in [0.1, 0.15) is 39.0 Å². The summed E-state index contributed by atoms with van der Waals surface area (Å²) in [7, 11) is -9.70. The molecule has 0 N–H and O–H groups in total. The number of hydrogen-bond acceptors (Lipinski definition) is 4. The summed E-state index contributed by atoms with van der Waals surface area (Å²) >= 11 is 0. The van der Waals surface area contributed by atoms with Gasteiger partial charge < -0.3 is 9.16 Å². The van der Waals surface area contributed by atoms with Gasteiger partial charge in [0, 0.05) is 6.61 Å². The van der Waals surface area contributed by atoms with Crippen LogP contribution in [0.5, 0.6) is 0 Å². The molecule has 2 atom stereocenters. The first-order valence-corrected chi connectivity index (χ1v) is 14.5. The third-order valence-electron chi connectivity index (χ3n) is 5.34. The monoisotopic (exact) mass is 525 g/mol. The Morgan fingerprint density at radius 2 is 1.34 bits per heavy atom. The van der Waals surface area contributed by atoms with Gasteiger partial charge in [0.1, 0.15) is 5.54 Å². The molecule has 0 amide bonds. The van der Waals surface area contributed by atoms with Crippen molar-refractivity contribution in [3.63, 3.8) is 0 Å². The average Bonchev–Trinajstić information content (AvgIpc) is 3.11. The van der Waals surface area contributed by atoms with Crippen LogP contribution in [0.2, 0.25) is 19.6 Å². The normalized spacial score (nSPS) is 27.6. The summed E-state index contributed by atoms with van der Waals surface area (Å²) in [5.41, 5.74) is -1.92. The van der Waals surface area contributed by atoms with E-state index in [-0.39, 0.29) is 36.6 Å². The van der Waals surface area contributed by atoms with Crippen molar-refractivity contribution in [2.24, 2.45) is 0 Å². The third kappa shape index (κ3) is 3.67. The zero-order valence-electron chi connectivity index (χ0n) is 17.6. The summed E-state index contributed by atoms with van der Waals surface area (Å²) in [6, 6.07) is 0. The maximum absolute atomic E-state index is 14.6. The quantitative estimate of drug-likeness (QED) is 0.187. The van der Waals surface area contributed by atoms with E-state index in [1.165, 1.54) is 26.6 Å². The van der Waals surface area contributed by atoms with Gasteiger partial charge in [0.2, 0.25) is 0 Å². The van der Waals surface area contributed by atoms with E-state index in [1.807, 2.05) is 0 Å². The molecule has 1 aliphatic heterocycles. The smallest absolute Gasteiger partial charge is 0.377 e. The minimum absolute atomic E-state index is 0.186. The number of hydrogen-bond donors (Lipinski definition) is 0. The second-order valence-corrected chi connectivity index (χ2v) is 15.0. The van der Waals surface area contributed by atoms with Crippen molar-refractivity contribution in [1.82, 2.24) is 4.31 Å². The van der Waals surface area contributed by atoms with Crippen molar-refractivity contribution in [3.05, 3.63) is 0 Å². The fraction of sp³-hybridized carbons (Fsp3) is 1.00. The van der Waals surface area contributed by atoms with Gasteiger partial charge in [-0.2, -0.15) is 39.5 Å². The summed E-state index contributed by atoms with van der Waals surface area (Å²) in [6.07, 6.45) is -6.48. The Balaban J connectivity index is 2.68. The SMILES string of the molecule is CCOC1(O[Si](C)(C)C)N(S(=O)(=O)C(F)(F)C(F)(F)C(F)(F)C(F)(F)F)C12CCCCC2. The van der Waals surface area contributed by atoms with Crippen molar-refractivity contribution >= 4 is 18.3 Å². The second-order valence-electron chi connectivity index (χ2n) is 8.75. The Bertz CT molecular complexity index is 822. The van der Waals surface area contributed by atoms with Gasteiger partial charge in [-0.3, -0.25) is 0 Å². The molecule has 1 heterocycles. The van der Waals surface area contributed by atoms with Crippen LogP contribution in [-0.2, 0) is 19.2 Å². The first kappa shape index (κ1) is 27.7. The molecule has 2 aliphatic rings. The molecule has 1 aliphatic carbocycles. The van der Waals surface area contributed by atoms with Crippen LogP contribution in [0.25, 0.3) is 0 Å². The fourth-order valence-electron chi connectivity index (χ4n) is 4.03. The number of nitrogens with zero attached hydrogens (tertiary/aromatic N) is 1. The lowest BCUT2D eigenvalue weighted by molar-refractivity contribution is -0.382. The van der Waals surface area contributed by atoms with Crippen LogP contribution >= 0.6 is 0 Å². The molecular weight excluding hydrogens is 501 g/mol. The molecule has 190 valence electrons. The molecular formula is C16H24F9NO4SSi. The number of halogens is 9. The summed E-state index contributed by atoms with van der Waals surface area (Å²) in [6.45, 7) is 5.53. The van der Waals surface area contributed by atoms with Crippen LogP contribution in [-0.4, -0.2) is 62.4 Å². The lowest BCUT2D eigenvalue weighted by atomic mass is 9.87. The number of ether oxygens (including phenoxy) is 1. The average molecular weight is 526 g/mol. The van der Waals surface area contributed by atoms with Crippen LogP contribution in [0.4, 0.5) is 39.5 Å². The number of rotatable bonds is 8. The predicted molar refractivity (Wildman–Crippen MR) is 96.3 cm³/mol. The van der Waals surface area contributed by atoms with Crippen LogP contribution in [0.3, 0.4) is 0 Å². The zero-order valence-corrected chi connectivity index (χ0v) is 19.4. The summed E-state index contributed by atoms with van der Waals surface area (Å²) in [4.78, 5) is 0. The molecule has 32 heavy (non-hydrogen) atoms. The highest BCUT2D eigenvalue weighted by molar-refractivity contribution is 7.90. The summed E-state index contributed by atoms with van der Waals surface area (Å²) < 4.78 is 158. The Labute approximate surface area is 180 Å². The first-order chi connectivity index (χ1) is 14.1. The predicted octanol–water partition coefficient (Wildman–Crippen LogP) is 5.30. The minimum Gasteiger partial charge on any atom is -0.377 e. The molecule has 2 rings (SSSR count). The van der Waals surface area contributed by atoms with E-state index in [1.54, 1.807) is 0 Å². The molecule has 16 heteroatoms. The van der Waals surface area contributed by atoms with Gasteiger partial charge in [0.05, 0.1) is 0 Å². The molecule has 0 aromatic rings. The molecule has 2 fully saturated rings.